The Balaban J connectivity index is 1.60. The van der Waals surface area contributed by atoms with Gasteiger partial charge in [0.15, 0.2) is 0 Å². The van der Waals surface area contributed by atoms with E-state index < -0.39 is 12.1 Å². The van der Waals surface area contributed by atoms with Gasteiger partial charge in [-0.15, -0.1) is 0 Å². The van der Waals surface area contributed by atoms with Crippen molar-refractivity contribution in [1.29, 1.82) is 0 Å². The van der Waals surface area contributed by atoms with Gasteiger partial charge in [-0.1, -0.05) is 48.0 Å². The lowest BCUT2D eigenvalue weighted by molar-refractivity contribution is -0.132. The molecule has 6 nitrogen and oxygen atoms in total. The van der Waals surface area contributed by atoms with Gasteiger partial charge in [-0.2, -0.15) is 0 Å². The molecule has 1 heterocycles. The van der Waals surface area contributed by atoms with E-state index in [1.54, 1.807) is 6.07 Å². The van der Waals surface area contributed by atoms with E-state index >= 15 is 0 Å². The molecule has 3 rings (SSSR count). The van der Waals surface area contributed by atoms with Crippen molar-refractivity contribution in [2.45, 2.75) is 19.3 Å². The SMILES string of the molecule is O=C(O)C1=C(c2ccc(CCCOc3ccccc3Cl)cc2)CCN(C(=O)O)C1. The molecule has 152 valence electrons. The molecule has 0 saturated heterocycles. The number of aliphatic carboxylic acids is 1. The molecule has 0 bridgehead atoms. The van der Waals surface area contributed by atoms with Crippen LogP contribution in [0.2, 0.25) is 5.02 Å². The predicted octanol–water partition coefficient (Wildman–Crippen LogP) is 4.57. The highest BCUT2D eigenvalue weighted by Crippen LogP contribution is 2.28. The first kappa shape index (κ1) is 20.7. The molecule has 0 saturated carbocycles. The largest absolute Gasteiger partial charge is 0.492 e. The molecule has 1 aliphatic heterocycles. The van der Waals surface area contributed by atoms with Gasteiger partial charge in [-0.25, -0.2) is 9.59 Å². The third-order valence-electron chi connectivity index (χ3n) is 4.88. The zero-order chi connectivity index (χ0) is 20.8. The van der Waals surface area contributed by atoms with Crippen LogP contribution in [-0.4, -0.2) is 46.9 Å². The van der Waals surface area contributed by atoms with Crippen molar-refractivity contribution < 1.29 is 24.5 Å². The van der Waals surface area contributed by atoms with Crippen molar-refractivity contribution in [1.82, 2.24) is 4.90 Å². The summed E-state index contributed by atoms with van der Waals surface area (Å²) in [7, 11) is 0. The summed E-state index contributed by atoms with van der Waals surface area (Å²) in [6, 6.07) is 15.1. The maximum atomic E-state index is 11.6. The molecule has 1 amide bonds. The van der Waals surface area contributed by atoms with Crippen molar-refractivity contribution in [2.24, 2.45) is 0 Å². The second kappa shape index (κ2) is 9.47. The molecule has 0 fully saturated rings. The second-order valence-corrected chi connectivity index (χ2v) is 7.20. The highest BCUT2D eigenvalue weighted by atomic mass is 35.5. The highest BCUT2D eigenvalue weighted by molar-refractivity contribution is 6.32. The topological polar surface area (TPSA) is 87.1 Å². The monoisotopic (exact) mass is 415 g/mol. The zero-order valence-electron chi connectivity index (χ0n) is 15.8. The molecular formula is C22H22ClNO5. The van der Waals surface area contributed by atoms with E-state index in [0.29, 0.717) is 35.9 Å². The van der Waals surface area contributed by atoms with Crippen LogP contribution < -0.4 is 4.74 Å². The predicted molar refractivity (Wildman–Crippen MR) is 110 cm³/mol. The number of carboxylic acids is 1. The average Bonchev–Trinajstić information content (AvgIpc) is 2.72. The van der Waals surface area contributed by atoms with Gasteiger partial charge in [0.1, 0.15) is 5.75 Å². The Labute approximate surface area is 174 Å². The van der Waals surface area contributed by atoms with Crippen LogP contribution in [0.15, 0.2) is 54.1 Å². The molecule has 2 aromatic rings. The smallest absolute Gasteiger partial charge is 0.407 e. The fraction of sp³-hybridized carbons (Fsp3) is 0.273. The molecule has 2 aromatic carbocycles. The quantitative estimate of drug-likeness (QED) is 0.646. The van der Waals surface area contributed by atoms with Gasteiger partial charge >= 0.3 is 12.1 Å². The number of benzene rings is 2. The summed E-state index contributed by atoms with van der Waals surface area (Å²) in [4.78, 5) is 23.9. The molecular weight excluding hydrogens is 394 g/mol. The number of carboxylic acid groups (broad SMARTS) is 2. The summed E-state index contributed by atoms with van der Waals surface area (Å²) >= 11 is 6.07. The van der Waals surface area contributed by atoms with Crippen LogP contribution in [0, 0.1) is 0 Å². The number of carbonyl (C=O) groups is 2. The minimum atomic E-state index is -1.10. The van der Waals surface area contributed by atoms with E-state index in [4.69, 9.17) is 21.4 Å². The van der Waals surface area contributed by atoms with Gasteiger partial charge in [0, 0.05) is 6.54 Å². The van der Waals surface area contributed by atoms with E-state index in [1.807, 2.05) is 42.5 Å². The molecule has 2 N–H and O–H groups in total. The van der Waals surface area contributed by atoms with Crippen molar-refractivity contribution in [3.05, 3.63) is 70.3 Å². The normalized spacial score (nSPS) is 14.0. The van der Waals surface area contributed by atoms with E-state index in [0.717, 1.165) is 28.9 Å². The summed E-state index contributed by atoms with van der Waals surface area (Å²) in [6.07, 6.45) is 0.930. The minimum Gasteiger partial charge on any atom is -0.492 e. The zero-order valence-corrected chi connectivity index (χ0v) is 16.6. The van der Waals surface area contributed by atoms with Crippen LogP contribution in [-0.2, 0) is 11.2 Å². The first-order valence-electron chi connectivity index (χ1n) is 9.35. The Morgan fingerprint density at radius 1 is 1.07 bits per heavy atom. The Hall–Kier alpha value is -2.99. The lowest BCUT2D eigenvalue weighted by Gasteiger charge is -2.27. The van der Waals surface area contributed by atoms with Crippen LogP contribution in [0.3, 0.4) is 0 Å². The fourth-order valence-electron chi connectivity index (χ4n) is 3.33. The van der Waals surface area contributed by atoms with Crippen LogP contribution >= 0.6 is 11.6 Å². The van der Waals surface area contributed by atoms with Gasteiger partial charge < -0.3 is 19.8 Å². The number of hydrogen-bond donors (Lipinski definition) is 2. The fourth-order valence-corrected chi connectivity index (χ4v) is 3.52. The third-order valence-corrected chi connectivity index (χ3v) is 5.19. The number of halogens is 1. The minimum absolute atomic E-state index is 0.0961. The standard InChI is InChI=1S/C22H22ClNO5/c23-19-5-1-2-6-20(19)29-13-3-4-15-7-9-16(10-8-15)17-11-12-24(22(27)28)14-18(17)21(25)26/h1-2,5-10H,3-4,11-14H2,(H,25,26)(H,27,28). The van der Waals surface area contributed by atoms with Gasteiger partial charge in [0.2, 0.25) is 0 Å². The number of hydrogen-bond acceptors (Lipinski definition) is 3. The molecule has 0 radical (unpaired) electrons. The summed E-state index contributed by atoms with van der Waals surface area (Å²) in [6.45, 7) is 0.745. The third kappa shape index (κ3) is 5.29. The Morgan fingerprint density at radius 2 is 1.79 bits per heavy atom. The Kier molecular flexibility index (Phi) is 6.77. The summed E-state index contributed by atoms with van der Waals surface area (Å²) < 4.78 is 5.69. The molecule has 0 atom stereocenters. The average molecular weight is 416 g/mol. The Morgan fingerprint density at radius 3 is 2.45 bits per heavy atom. The first-order chi connectivity index (χ1) is 14.0. The van der Waals surface area contributed by atoms with Crippen LogP contribution in [0.1, 0.15) is 24.0 Å². The number of nitrogens with zero attached hydrogens (tertiary/aromatic N) is 1. The second-order valence-electron chi connectivity index (χ2n) is 6.80. The molecule has 1 aliphatic rings. The number of ether oxygens (including phenoxy) is 1. The van der Waals surface area contributed by atoms with E-state index in [-0.39, 0.29) is 12.1 Å². The molecule has 7 heteroatoms. The van der Waals surface area contributed by atoms with Crippen molar-refractivity contribution >= 4 is 29.2 Å². The van der Waals surface area contributed by atoms with E-state index in [1.165, 1.54) is 0 Å². The molecule has 0 aromatic heterocycles. The summed E-state index contributed by atoms with van der Waals surface area (Å²) in [5.41, 5.74) is 2.78. The van der Waals surface area contributed by atoms with Crippen LogP contribution in [0.4, 0.5) is 4.79 Å². The maximum absolute atomic E-state index is 11.6. The van der Waals surface area contributed by atoms with E-state index in [2.05, 4.69) is 0 Å². The highest BCUT2D eigenvalue weighted by Gasteiger charge is 2.26. The van der Waals surface area contributed by atoms with Crippen LogP contribution in [0.5, 0.6) is 5.75 Å². The molecule has 0 spiro atoms. The van der Waals surface area contributed by atoms with Gasteiger partial charge in [0.25, 0.3) is 0 Å². The number of para-hydroxylation sites is 1. The molecule has 29 heavy (non-hydrogen) atoms. The maximum Gasteiger partial charge on any atom is 0.407 e. The van der Waals surface area contributed by atoms with Gasteiger partial charge in [-0.05, 0) is 48.1 Å². The van der Waals surface area contributed by atoms with Crippen molar-refractivity contribution in [3.63, 3.8) is 0 Å². The Bertz CT molecular complexity index is 923. The number of rotatable bonds is 7. The lowest BCUT2D eigenvalue weighted by atomic mass is 9.92. The molecule has 0 unspecified atom stereocenters. The first-order valence-corrected chi connectivity index (χ1v) is 9.73. The summed E-state index contributed by atoms with van der Waals surface area (Å²) in [5.74, 6) is -0.405. The van der Waals surface area contributed by atoms with Gasteiger partial charge in [-0.3, -0.25) is 0 Å². The van der Waals surface area contributed by atoms with Crippen molar-refractivity contribution in [3.8, 4) is 5.75 Å². The number of aryl methyl sites for hydroxylation is 1. The van der Waals surface area contributed by atoms with E-state index in [9.17, 15) is 14.7 Å². The number of amides is 1. The van der Waals surface area contributed by atoms with Gasteiger partial charge in [0.05, 0.1) is 23.7 Å². The van der Waals surface area contributed by atoms with Crippen molar-refractivity contribution in [2.75, 3.05) is 19.7 Å². The molecule has 0 aliphatic carbocycles. The lowest BCUT2D eigenvalue weighted by Crippen LogP contribution is -2.37. The summed E-state index contributed by atoms with van der Waals surface area (Å²) in [5, 5.41) is 19.2. The van der Waals surface area contributed by atoms with Crippen LogP contribution in [0.25, 0.3) is 5.57 Å².